The van der Waals surface area contributed by atoms with Crippen molar-refractivity contribution in [2.24, 2.45) is 46.2 Å². The third-order valence-electron chi connectivity index (χ3n) is 8.25. The summed E-state index contributed by atoms with van der Waals surface area (Å²) in [6.07, 6.45) is 8.72. The first-order valence-electron chi connectivity index (χ1n) is 7.74. The van der Waals surface area contributed by atoms with Gasteiger partial charge in [0, 0.05) is 5.54 Å². The van der Waals surface area contributed by atoms with E-state index < -0.39 is 0 Å². The van der Waals surface area contributed by atoms with Gasteiger partial charge in [0.2, 0.25) is 0 Å². The highest BCUT2D eigenvalue weighted by molar-refractivity contribution is 5.25. The normalized spacial score (nSPS) is 74.6. The van der Waals surface area contributed by atoms with E-state index in [9.17, 15) is 0 Å². The highest BCUT2D eigenvalue weighted by atomic mass is 14.9. The summed E-state index contributed by atoms with van der Waals surface area (Å²) >= 11 is 0. The van der Waals surface area contributed by atoms with Gasteiger partial charge in [0.05, 0.1) is 0 Å². The Morgan fingerprint density at radius 3 is 2.06 bits per heavy atom. The van der Waals surface area contributed by atoms with Gasteiger partial charge in [0.15, 0.2) is 0 Å². The van der Waals surface area contributed by atoms with E-state index in [0.29, 0.717) is 10.8 Å². The summed E-state index contributed by atoms with van der Waals surface area (Å²) < 4.78 is 0. The Morgan fingerprint density at radius 1 is 0.882 bits per heavy atom. The molecule has 17 heavy (non-hydrogen) atoms. The monoisotopic (exact) mass is 231 g/mol. The van der Waals surface area contributed by atoms with Gasteiger partial charge in [-0.2, -0.15) is 0 Å². The smallest absolute Gasteiger partial charge is 0.0163 e. The highest BCUT2D eigenvalue weighted by Crippen LogP contribution is 2.80. The van der Waals surface area contributed by atoms with E-state index in [0.717, 1.165) is 29.6 Å². The lowest BCUT2D eigenvalue weighted by atomic mass is 9.26. The third-order valence-corrected chi connectivity index (χ3v) is 8.25. The van der Waals surface area contributed by atoms with Crippen molar-refractivity contribution in [3.63, 3.8) is 0 Å². The largest absolute Gasteiger partial charge is 0.325 e. The Labute approximate surface area is 105 Å². The first-order chi connectivity index (χ1) is 7.95. The zero-order valence-electron chi connectivity index (χ0n) is 11.2. The molecule has 0 heterocycles. The fraction of sp³-hybridized carbons (Fsp3) is 1.00. The number of nitrogens with two attached hydrogens (primary N) is 1. The fourth-order valence-corrected chi connectivity index (χ4v) is 8.08. The maximum Gasteiger partial charge on any atom is 0.0163 e. The minimum Gasteiger partial charge on any atom is -0.325 e. The molecule has 8 atom stereocenters. The molecule has 0 radical (unpaired) electrons. The van der Waals surface area contributed by atoms with E-state index in [1.54, 1.807) is 6.42 Å². The van der Waals surface area contributed by atoms with E-state index in [-0.39, 0.29) is 5.54 Å². The van der Waals surface area contributed by atoms with Crippen molar-refractivity contribution in [3.8, 4) is 0 Å². The van der Waals surface area contributed by atoms with E-state index in [4.69, 9.17) is 5.73 Å². The van der Waals surface area contributed by atoms with Crippen molar-refractivity contribution < 1.29 is 0 Å². The molecule has 0 spiro atoms. The molecule has 7 fully saturated rings. The lowest BCUT2D eigenvalue weighted by Gasteiger charge is -2.79. The Hall–Kier alpha value is -0.0400. The number of hydrogen-bond acceptors (Lipinski definition) is 1. The maximum atomic E-state index is 6.72. The van der Waals surface area contributed by atoms with Crippen LogP contribution in [0, 0.1) is 40.4 Å². The van der Waals surface area contributed by atoms with E-state index >= 15 is 0 Å². The highest BCUT2D eigenvalue weighted by Gasteiger charge is 2.74. The lowest BCUT2D eigenvalue weighted by molar-refractivity contribution is -0.292. The molecule has 0 aliphatic heterocycles. The van der Waals surface area contributed by atoms with Crippen LogP contribution in [0.3, 0.4) is 0 Å². The zero-order chi connectivity index (χ0) is 11.6. The van der Waals surface area contributed by atoms with E-state index in [2.05, 4.69) is 13.8 Å². The average Bonchev–Trinajstić information content (AvgIpc) is 2.24. The minimum atomic E-state index is 0.250. The van der Waals surface area contributed by atoms with Gasteiger partial charge in [-0.25, -0.2) is 0 Å². The van der Waals surface area contributed by atoms with Crippen LogP contribution >= 0.6 is 0 Å². The predicted molar refractivity (Wildman–Crippen MR) is 68.3 cm³/mol. The first-order valence-corrected chi connectivity index (χ1v) is 7.74. The molecule has 7 aliphatic carbocycles. The van der Waals surface area contributed by atoms with Crippen LogP contribution in [0.25, 0.3) is 0 Å². The predicted octanol–water partition coefficient (Wildman–Crippen LogP) is 3.19. The zero-order valence-corrected chi connectivity index (χ0v) is 11.2. The molecule has 0 aromatic heterocycles. The van der Waals surface area contributed by atoms with Crippen molar-refractivity contribution in [2.45, 2.75) is 57.9 Å². The fourth-order valence-electron chi connectivity index (χ4n) is 8.08. The van der Waals surface area contributed by atoms with Crippen LogP contribution in [0.1, 0.15) is 52.4 Å². The second-order valence-corrected chi connectivity index (χ2v) is 8.93. The van der Waals surface area contributed by atoms with Gasteiger partial charge in [-0.3, -0.25) is 0 Å². The van der Waals surface area contributed by atoms with Crippen LogP contribution in [0.5, 0.6) is 0 Å². The van der Waals surface area contributed by atoms with Crippen LogP contribution in [0.15, 0.2) is 0 Å². The second-order valence-electron chi connectivity index (χ2n) is 8.93. The van der Waals surface area contributed by atoms with Crippen molar-refractivity contribution in [3.05, 3.63) is 0 Å². The molecule has 94 valence electrons. The Morgan fingerprint density at radius 2 is 1.47 bits per heavy atom. The quantitative estimate of drug-likeness (QED) is 0.681. The molecule has 1 heteroatoms. The Kier molecular flexibility index (Phi) is 1.36. The topological polar surface area (TPSA) is 26.0 Å². The van der Waals surface area contributed by atoms with Crippen LogP contribution < -0.4 is 5.73 Å². The van der Waals surface area contributed by atoms with Crippen LogP contribution in [0.4, 0.5) is 0 Å². The molecule has 0 amide bonds. The maximum absolute atomic E-state index is 6.72. The third kappa shape index (κ3) is 0.837. The van der Waals surface area contributed by atoms with E-state index in [1.165, 1.54) is 32.1 Å². The summed E-state index contributed by atoms with van der Waals surface area (Å²) in [5.41, 5.74) is 8.33. The molecule has 4 unspecified atom stereocenters. The number of rotatable bonds is 0. The summed E-state index contributed by atoms with van der Waals surface area (Å²) in [7, 11) is 0. The molecule has 0 saturated heterocycles. The van der Waals surface area contributed by atoms with Gasteiger partial charge in [0.1, 0.15) is 0 Å². The molecule has 7 aliphatic rings. The average molecular weight is 231 g/mol. The van der Waals surface area contributed by atoms with Crippen LogP contribution in [-0.4, -0.2) is 5.54 Å². The van der Waals surface area contributed by atoms with E-state index in [1.807, 2.05) is 0 Å². The summed E-state index contributed by atoms with van der Waals surface area (Å²) in [4.78, 5) is 0. The Balaban J connectivity index is 1.76. The summed E-state index contributed by atoms with van der Waals surface area (Å²) in [6, 6.07) is 0. The SMILES string of the molecule is C[C@]12CC3CC4[C@H]5CC(N)(CC1[C@@]5(C)C3)C[C@@H]42. The van der Waals surface area contributed by atoms with Gasteiger partial charge in [-0.15, -0.1) is 0 Å². The van der Waals surface area contributed by atoms with Crippen molar-refractivity contribution in [1.29, 1.82) is 0 Å². The van der Waals surface area contributed by atoms with Crippen LogP contribution in [-0.2, 0) is 0 Å². The molecule has 7 saturated carbocycles. The molecule has 8 bridgehead atoms. The second kappa shape index (κ2) is 2.35. The minimum absolute atomic E-state index is 0.250. The number of hydrogen-bond donors (Lipinski definition) is 1. The summed E-state index contributed by atoms with van der Waals surface area (Å²) in [6.45, 7) is 5.28. The summed E-state index contributed by atoms with van der Waals surface area (Å²) in [5.74, 6) is 5.09. The van der Waals surface area contributed by atoms with Crippen molar-refractivity contribution >= 4 is 0 Å². The van der Waals surface area contributed by atoms with Crippen molar-refractivity contribution in [1.82, 2.24) is 0 Å². The van der Waals surface area contributed by atoms with Gasteiger partial charge in [-0.05, 0) is 78.9 Å². The molecule has 0 aromatic rings. The van der Waals surface area contributed by atoms with Gasteiger partial charge in [0.25, 0.3) is 0 Å². The molecular weight excluding hydrogens is 206 g/mol. The van der Waals surface area contributed by atoms with Gasteiger partial charge in [-0.1, -0.05) is 13.8 Å². The Bertz CT molecular complexity index is 386. The summed E-state index contributed by atoms with van der Waals surface area (Å²) in [5, 5.41) is 0. The van der Waals surface area contributed by atoms with Crippen molar-refractivity contribution in [2.75, 3.05) is 0 Å². The molecule has 7 rings (SSSR count). The molecule has 2 N–H and O–H groups in total. The molecular formula is C16H25N. The standard InChI is InChI=1S/C16H25N/c1-14-4-9-3-10-11(14)6-16(17)7-12(10)15(2,5-9)13(14)8-16/h9-13H,3-8,17H2,1-2H3/t9?,10?,11-,12+,13?,14+,15-,16?. The lowest BCUT2D eigenvalue weighted by Crippen LogP contribution is -2.76. The molecule has 1 nitrogen and oxygen atoms in total. The van der Waals surface area contributed by atoms with Gasteiger partial charge >= 0.3 is 0 Å². The first kappa shape index (κ1) is 9.83. The molecule has 0 aromatic carbocycles. The van der Waals surface area contributed by atoms with Gasteiger partial charge < -0.3 is 5.73 Å². The van der Waals surface area contributed by atoms with Crippen LogP contribution in [0.2, 0.25) is 0 Å².